The van der Waals surface area contributed by atoms with Gasteiger partial charge in [-0.3, -0.25) is 4.79 Å². The first kappa shape index (κ1) is 15.2. The second-order valence-electron chi connectivity index (χ2n) is 6.14. The second-order valence-corrected chi connectivity index (χ2v) is 6.14. The molecule has 1 saturated heterocycles. The highest BCUT2D eigenvalue weighted by Gasteiger charge is 2.27. The third-order valence-corrected chi connectivity index (χ3v) is 4.63. The van der Waals surface area contributed by atoms with Gasteiger partial charge in [0, 0.05) is 31.4 Å². The maximum Gasteiger partial charge on any atom is 0.239 e. The molecule has 0 spiro atoms. The molecule has 1 aromatic carbocycles. The lowest BCUT2D eigenvalue weighted by atomic mass is 10.1. The van der Waals surface area contributed by atoms with Gasteiger partial charge < -0.3 is 20.3 Å². The van der Waals surface area contributed by atoms with E-state index in [1.165, 1.54) is 12.8 Å². The molecular weight excluding hydrogens is 278 g/mol. The van der Waals surface area contributed by atoms with Crippen LogP contribution in [0.4, 0.5) is 5.69 Å². The summed E-state index contributed by atoms with van der Waals surface area (Å²) >= 11 is 0. The summed E-state index contributed by atoms with van der Waals surface area (Å²) in [6, 6.07) is 8.28. The van der Waals surface area contributed by atoms with Crippen molar-refractivity contribution in [3.05, 3.63) is 24.3 Å². The van der Waals surface area contributed by atoms with Crippen LogP contribution in [-0.4, -0.2) is 44.7 Å². The van der Waals surface area contributed by atoms with Crippen LogP contribution in [0.25, 0.3) is 0 Å². The molecule has 1 saturated carbocycles. The fourth-order valence-electron chi connectivity index (χ4n) is 3.33. The molecule has 5 nitrogen and oxygen atoms in total. The fraction of sp³-hybridized carbons (Fsp3) is 0.588. The van der Waals surface area contributed by atoms with Crippen LogP contribution in [0.1, 0.15) is 25.7 Å². The molecule has 0 aromatic heterocycles. The third-order valence-electron chi connectivity index (χ3n) is 4.63. The molecule has 0 unspecified atom stereocenters. The smallest absolute Gasteiger partial charge is 0.239 e. The molecule has 0 bridgehead atoms. The van der Waals surface area contributed by atoms with E-state index in [0.29, 0.717) is 12.6 Å². The van der Waals surface area contributed by atoms with Crippen molar-refractivity contribution >= 4 is 11.6 Å². The topological polar surface area (TPSA) is 53.6 Å². The lowest BCUT2D eigenvalue weighted by Gasteiger charge is -2.35. The van der Waals surface area contributed by atoms with Gasteiger partial charge in [0.15, 0.2) is 0 Å². The van der Waals surface area contributed by atoms with Gasteiger partial charge in [-0.2, -0.15) is 0 Å². The number of methoxy groups -OCH3 is 1. The Balaban J connectivity index is 1.59. The average molecular weight is 303 g/mol. The van der Waals surface area contributed by atoms with E-state index < -0.39 is 0 Å². The first-order valence-electron chi connectivity index (χ1n) is 8.19. The third kappa shape index (κ3) is 3.53. The van der Waals surface area contributed by atoms with E-state index in [9.17, 15) is 4.79 Å². The minimum atomic E-state index is -0.128. The van der Waals surface area contributed by atoms with Gasteiger partial charge in [0.25, 0.3) is 0 Å². The molecule has 1 atom stereocenters. The van der Waals surface area contributed by atoms with Crippen LogP contribution in [0, 0.1) is 0 Å². The number of amides is 1. The number of nitrogens with zero attached hydrogens (tertiary/aromatic N) is 1. The summed E-state index contributed by atoms with van der Waals surface area (Å²) in [6.45, 7) is 2.46. The average Bonchev–Trinajstić information content (AvgIpc) is 3.08. The number of carbonyl (C=O) groups is 1. The summed E-state index contributed by atoms with van der Waals surface area (Å²) in [5.41, 5.74) is 1.14. The zero-order valence-corrected chi connectivity index (χ0v) is 13.2. The first-order valence-corrected chi connectivity index (χ1v) is 8.19. The maximum atomic E-state index is 12.4. The summed E-state index contributed by atoms with van der Waals surface area (Å²) in [5, 5.41) is 6.53. The number of carbonyl (C=O) groups excluding carboxylic acids is 1. The van der Waals surface area contributed by atoms with Gasteiger partial charge in [0.1, 0.15) is 11.8 Å². The highest BCUT2D eigenvalue weighted by Crippen LogP contribution is 2.21. The van der Waals surface area contributed by atoms with E-state index in [1.54, 1.807) is 7.11 Å². The Bertz CT molecular complexity index is 497. The fourth-order valence-corrected chi connectivity index (χ4v) is 3.33. The van der Waals surface area contributed by atoms with Crippen LogP contribution >= 0.6 is 0 Å². The van der Waals surface area contributed by atoms with Gasteiger partial charge in [-0.1, -0.05) is 12.8 Å². The van der Waals surface area contributed by atoms with Gasteiger partial charge in [0.05, 0.1) is 7.11 Å². The molecule has 1 aliphatic heterocycles. The number of rotatable bonds is 4. The Kier molecular flexibility index (Phi) is 4.83. The van der Waals surface area contributed by atoms with E-state index in [1.807, 2.05) is 12.1 Å². The minimum absolute atomic E-state index is 0.128. The summed E-state index contributed by atoms with van der Waals surface area (Å²) < 4.78 is 5.20. The van der Waals surface area contributed by atoms with Crippen molar-refractivity contribution < 1.29 is 9.53 Å². The minimum Gasteiger partial charge on any atom is -0.497 e. The van der Waals surface area contributed by atoms with Crippen molar-refractivity contribution in [1.82, 2.24) is 10.6 Å². The quantitative estimate of drug-likeness (QED) is 0.886. The Morgan fingerprint density at radius 2 is 2.00 bits per heavy atom. The highest BCUT2D eigenvalue weighted by atomic mass is 16.5. The zero-order chi connectivity index (χ0) is 15.4. The van der Waals surface area contributed by atoms with Crippen LogP contribution in [0.5, 0.6) is 5.75 Å². The molecule has 1 amide bonds. The van der Waals surface area contributed by atoms with Crippen LogP contribution in [0.15, 0.2) is 24.3 Å². The van der Waals surface area contributed by atoms with E-state index in [-0.39, 0.29) is 11.9 Å². The predicted molar refractivity (Wildman–Crippen MR) is 87.4 cm³/mol. The van der Waals surface area contributed by atoms with E-state index >= 15 is 0 Å². The number of hydrogen-bond donors (Lipinski definition) is 2. The molecule has 0 radical (unpaired) electrons. The van der Waals surface area contributed by atoms with Crippen molar-refractivity contribution in [2.75, 3.05) is 31.6 Å². The predicted octanol–water partition coefficient (Wildman–Crippen LogP) is 1.53. The Hall–Kier alpha value is -1.75. The zero-order valence-electron chi connectivity index (χ0n) is 13.2. The van der Waals surface area contributed by atoms with E-state index in [2.05, 4.69) is 27.7 Å². The van der Waals surface area contributed by atoms with Gasteiger partial charge in [-0.25, -0.2) is 0 Å². The molecule has 1 aromatic rings. The first-order chi connectivity index (χ1) is 10.8. The van der Waals surface area contributed by atoms with Crippen LogP contribution in [-0.2, 0) is 4.79 Å². The molecule has 1 aliphatic carbocycles. The van der Waals surface area contributed by atoms with E-state index in [4.69, 9.17) is 4.74 Å². The SMILES string of the molecule is COc1ccc(N2CCN[C@@H](C(=O)NC3CCCC3)C2)cc1. The van der Waals surface area contributed by atoms with E-state index in [0.717, 1.165) is 37.4 Å². The standard InChI is InChI=1S/C17H25N3O2/c1-22-15-8-6-14(7-9-15)20-11-10-18-16(12-20)17(21)19-13-4-2-3-5-13/h6-9,13,16,18H,2-5,10-12H2,1H3,(H,19,21)/t16-/m1/s1. The number of piperazine rings is 1. The maximum absolute atomic E-state index is 12.4. The van der Waals surface area contributed by atoms with Crippen molar-refractivity contribution in [3.63, 3.8) is 0 Å². The number of ether oxygens (including phenoxy) is 1. The number of nitrogens with one attached hydrogen (secondary N) is 2. The number of hydrogen-bond acceptors (Lipinski definition) is 4. The van der Waals surface area contributed by atoms with Crippen molar-refractivity contribution in [2.45, 2.75) is 37.8 Å². The monoisotopic (exact) mass is 303 g/mol. The number of anilines is 1. The molecule has 1 heterocycles. The van der Waals surface area contributed by atoms with Crippen molar-refractivity contribution in [3.8, 4) is 5.75 Å². The molecule has 2 N–H and O–H groups in total. The molecule has 120 valence electrons. The van der Waals surface area contributed by atoms with Gasteiger partial charge in [0.2, 0.25) is 5.91 Å². The molecule has 22 heavy (non-hydrogen) atoms. The lowest BCUT2D eigenvalue weighted by Crippen LogP contribution is -2.58. The summed E-state index contributed by atoms with van der Waals surface area (Å²) in [7, 11) is 1.67. The molecule has 2 fully saturated rings. The highest BCUT2D eigenvalue weighted by molar-refractivity contribution is 5.83. The normalized spacial score (nSPS) is 22.6. The van der Waals surface area contributed by atoms with Gasteiger partial charge >= 0.3 is 0 Å². The largest absolute Gasteiger partial charge is 0.497 e. The molecule has 2 aliphatic rings. The lowest BCUT2D eigenvalue weighted by molar-refractivity contribution is -0.123. The van der Waals surface area contributed by atoms with Crippen LogP contribution in [0.3, 0.4) is 0 Å². The Labute approximate surface area is 132 Å². The van der Waals surface area contributed by atoms with Crippen LogP contribution < -0.4 is 20.3 Å². The van der Waals surface area contributed by atoms with Crippen LogP contribution in [0.2, 0.25) is 0 Å². The summed E-state index contributed by atoms with van der Waals surface area (Å²) in [4.78, 5) is 14.7. The molecule has 3 rings (SSSR count). The Morgan fingerprint density at radius 3 is 2.68 bits per heavy atom. The van der Waals surface area contributed by atoms with Crippen molar-refractivity contribution in [2.24, 2.45) is 0 Å². The molecular formula is C17H25N3O2. The number of benzene rings is 1. The summed E-state index contributed by atoms with van der Waals surface area (Å²) in [5.74, 6) is 1.000. The van der Waals surface area contributed by atoms with Gasteiger partial charge in [-0.15, -0.1) is 0 Å². The second kappa shape index (κ2) is 7.01. The molecule has 5 heteroatoms. The van der Waals surface area contributed by atoms with Crippen molar-refractivity contribution in [1.29, 1.82) is 0 Å². The summed E-state index contributed by atoms with van der Waals surface area (Å²) in [6.07, 6.45) is 4.73. The Morgan fingerprint density at radius 1 is 1.27 bits per heavy atom. The van der Waals surface area contributed by atoms with Gasteiger partial charge in [-0.05, 0) is 37.1 Å².